The Labute approximate surface area is 226 Å². The second-order valence-electron chi connectivity index (χ2n) is 8.87. The van der Waals surface area contributed by atoms with Crippen molar-refractivity contribution in [3.63, 3.8) is 0 Å². The van der Waals surface area contributed by atoms with E-state index >= 15 is 0 Å². The largest absolute Gasteiger partial charge is 0.573 e. The van der Waals surface area contributed by atoms with Gasteiger partial charge in [-0.15, -0.1) is 23.4 Å². The second kappa shape index (κ2) is 12.8. The molecular weight excluding hydrogens is 531 g/mol. The summed E-state index contributed by atoms with van der Waals surface area (Å²) in [6.45, 7) is 3.30. The fourth-order valence-electron chi connectivity index (χ4n) is 3.71. The van der Waals surface area contributed by atoms with Crippen molar-refractivity contribution in [2.45, 2.75) is 52.2 Å². The van der Waals surface area contributed by atoms with E-state index in [-0.39, 0.29) is 30.4 Å². The molecular formula is C25H26F3N9O3. The maximum absolute atomic E-state index is 12.4. The van der Waals surface area contributed by atoms with Crippen LogP contribution in [0.15, 0.2) is 55.0 Å². The lowest BCUT2D eigenvalue weighted by molar-refractivity contribution is -0.274. The predicted molar refractivity (Wildman–Crippen MR) is 135 cm³/mol. The minimum absolute atomic E-state index is 0.164. The van der Waals surface area contributed by atoms with Crippen LogP contribution >= 0.6 is 0 Å². The van der Waals surface area contributed by atoms with E-state index in [2.05, 4.69) is 41.0 Å². The molecule has 0 unspecified atom stereocenters. The number of benzene rings is 1. The number of aromatic nitrogens is 7. The fraction of sp³-hybridized carbons (Fsp3) is 0.320. The summed E-state index contributed by atoms with van der Waals surface area (Å²) >= 11 is 0. The Morgan fingerprint density at radius 2 is 1.75 bits per heavy atom. The third kappa shape index (κ3) is 8.89. The average Bonchev–Trinajstić information content (AvgIpc) is 3.54. The molecule has 15 heteroatoms. The number of anilines is 1. The Kier molecular flexibility index (Phi) is 9.04. The minimum atomic E-state index is -4.81. The molecule has 210 valence electrons. The number of amides is 2. The molecule has 0 aliphatic carbocycles. The Morgan fingerprint density at radius 3 is 2.50 bits per heavy atom. The molecule has 4 aromatic rings. The number of alkyl halides is 3. The van der Waals surface area contributed by atoms with Crippen molar-refractivity contribution < 1.29 is 27.5 Å². The Morgan fingerprint density at radius 1 is 1.00 bits per heavy atom. The first-order chi connectivity index (χ1) is 19.1. The number of halogens is 3. The lowest BCUT2D eigenvalue weighted by Gasteiger charge is -2.09. The van der Waals surface area contributed by atoms with Crippen molar-refractivity contribution in [3.8, 4) is 5.75 Å². The number of nitrogens with one attached hydrogen (secondary N) is 2. The molecule has 4 rings (SSSR count). The Balaban J connectivity index is 1.16. The van der Waals surface area contributed by atoms with Crippen molar-refractivity contribution >= 4 is 17.6 Å². The van der Waals surface area contributed by atoms with Crippen LogP contribution in [-0.2, 0) is 30.8 Å². The highest BCUT2D eigenvalue weighted by Crippen LogP contribution is 2.23. The molecule has 0 fully saturated rings. The lowest BCUT2D eigenvalue weighted by Crippen LogP contribution is -2.23. The summed E-state index contributed by atoms with van der Waals surface area (Å²) in [5, 5.41) is 21.1. The molecule has 3 aromatic heterocycles. The van der Waals surface area contributed by atoms with Crippen LogP contribution in [0.25, 0.3) is 0 Å². The molecule has 0 atom stereocenters. The monoisotopic (exact) mass is 557 g/mol. The second-order valence-corrected chi connectivity index (χ2v) is 8.87. The highest BCUT2D eigenvalue weighted by molar-refractivity contribution is 5.92. The van der Waals surface area contributed by atoms with Crippen LogP contribution in [0, 0.1) is 6.92 Å². The molecule has 0 saturated heterocycles. The van der Waals surface area contributed by atoms with Gasteiger partial charge in [0.1, 0.15) is 5.75 Å². The highest BCUT2D eigenvalue weighted by atomic mass is 19.4. The predicted octanol–water partition coefficient (Wildman–Crippen LogP) is 3.06. The van der Waals surface area contributed by atoms with Gasteiger partial charge in [0.05, 0.1) is 31.1 Å². The Hall–Kier alpha value is -4.82. The van der Waals surface area contributed by atoms with E-state index in [0.717, 1.165) is 29.8 Å². The summed E-state index contributed by atoms with van der Waals surface area (Å²) in [6.07, 6.45) is 1.28. The van der Waals surface area contributed by atoms with E-state index in [1.54, 1.807) is 28.0 Å². The fourth-order valence-corrected chi connectivity index (χ4v) is 3.71. The standard InChI is InChI=1S/C25H26F3N9O3/c1-17-7-8-29-19(11-17)14-30-24(39)21-15-36(34-32-21)9-2-3-10-37-16-22(33-35-37)31-23(38)13-18-5-4-6-20(12-18)40-25(26,27)28/h4-8,11-12,15-16H,2-3,9-10,13-14H2,1H3,(H,30,39)(H,31,38). The summed E-state index contributed by atoms with van der Waals surface area (Å²) in [5.74, 6) is -0.975. The number of carbonyl (C=O) groups excluding carboxylic acids is 2. The highest BCUT2D eigenvalue weighted by Gasteiger charge is 2.31. The maximum Gasteiger partial charge on any atom is 0.573 e. The van der Waals surface area contributed by atoms with E-state index in [1.165, 1.54) is 12.1 Å². The van der Waals surface area contributed by atoms with Gasteiger partial charge in [-0.2, -0.15) is 0 Å². The first-order valence-corrected chi connectivity index (χ1v) is 12.3. The molecule has 0 aliphatic heterocycles. The number of hydrogen-bond acceptors (Lipinski definition) is 8. The third-order valence-electron chi connectivity index (χ3n) is 5.50. The van der Waals surface area contributed by atoms with Crippen LogP contribution in [-0.4, -0.2) is 53.1 Å². The van der Waals surface area contributed by atoms with Crippen LogP contribution in [0.5, 0.6) is 5.75 Å². The van der Waals surface area contributed by atoms with Gasteiger partial charge in [-0.3, -0.25) is 23.9 Å². The van der Waals surface area contributed by atoms with Crippen LogP contribution in [0.4, 0.5) is 19.0 Å². The zero-order valence-corrected chi connectivity index (χ0v) is 21.4. The van der Waals surface area contributed by atoms with Crippen LogP contribution in [0.1, 0.15) is 40.2 Å². The first-order valence-electron chi connectivity index (χ1n) is 12.3. The first kappa shape index (κ1) is 28.2. The van der Waals surface area contributed by atoms with Crippen LogP contribution in [0.3, 0.4) is 0 Å². The molecule has 0 saturated carbocycles. The SMILES string of the molecule is Cc1ccnc(CNC(=O)c2cn(CCCCn3cc(NC(=O)Cc4cccc(OC(F)(F)F)c4)nn3)nn2)c1. The molecule has 0 aliphatic rings. The number of unbranched alkanes of at least 4 members (excludes halogenated alkanes) is 1. The average molecular weight is 558 g/mol. The van der Waals surface area contributed by atoms with Gasteiger partial charge in [0.25, 0.3) is 5.91 Å². The van der Waals surface area contributed by atoms with E-state index < -0.39 is 18.0 Å². The molecule has 0 spiro atoms. The summed E-state index contributed by atoms with van der Waals surface area (Å²) in [4.78, 5) is 28.8. The molecule has 12 nitrogen and oxygen atoms in total. The zero-order valence-electron chi connectivity index (χ0n) is 21.4. The molecule has 3 heterocycles. The molecule has 0 bridgehead atoms. The van der Waals surface area contributed by atoms with Crippen molar-refractivity contribution in [2.75, 3.05) is 5.32 Å². The van der Waals surface area contributed by atoms with Gasteiger partial charge in [0.15, 0.2) is 11.5 Å². The van der Waals surface area contributed by atoms with Gasteiger partial charge in [-0.25, -0.2) is 0 Å². The quantitative estimate of drug-likeness (QED) is 0.253. The minimum Gasteiger partial charge on any atom is -0.406 e. The van der Waals surface area contributed by atoms with E-state index in [1.807, 2.05) is 19.1 Å². The molecule has 1 aromatic carbocycles. The molecule has 2 amide bonds. The van der Waals surface area contributed by atoms with E-state index in [4.69, 9.17) is 0 Å². The van der Waals surface area contributed by atoms with Crippen LogP contribution in [0.2, 0.25) is 0 Å². The normalized spacial score (nSPS) is 11.3. The smallest absolute Gasteiger partial charge is 0.406 e. The topological polar surface area (TPSA) is 142 Å². The van der Waals surface area contributed by atoms with Crippen molar-refractivity contribution in [2.24, 2.45) is 0 Å². The van der Waals surface area contributed by atoms with Crippen molar-refractivity contribution in [1.82, 2.24) is 40.3 Å². The number of pyridine rings is 1. The molecule has 40 heavy (non-hydrogen) atoms. The summed E-state index contributed by atoms with van der Waals surface area (Å²) in [5.41, 5.74) is 2.37. The van der Waals surface area contributed by atoms with Gasteiger partial charge in [-0.05, 0) is 55.2 Å². The maximum atomic E-state index is 12.4. The number of nitrogens with zero attached hydrogens (tertiary/aromatic N) is 7. The van der Waals surface area contributed by atoms with Crippen LogP contribution < -0.4 is 15.4 Å². The number of aryl methyl sites for hydroxylation is 3. The molecule has 0 radical (unpaired) electrons. The van der Waals surface area contributed by atoms with Gasteiger partial charge in [0.2, 0.25) is 5.91 Å². The van der Waals surface area contributed by atoms with E-state index in [9.17, 15) is 22.8 Å². The molecule has 2 N–H and O–H groups in total. The number of ether oxygens (including phenoxy) is 1. The summed E-state index contributed by atoms with van der Waals surface area (Å²) < 4.78 is 44.2. The lowest BCUT2D eigenvalue weighted by atomic mass is 10.1. The van der Waals surface area contributed by atoms with Gasteiger partial charge in [0, 0.05) is 19.3 Å². The van der Waals surface area contributed by atoms with Crippen molar-refractivity contribution in [1.29, 1.82) is 0 Å². The Bertz CT molecular complexity index is 1450. The third-order valence-corrected chi connectivity index (χ3v) is 5.50. The zero-order chi connectivity index (χ0) is 28.5. The number of rotatable bonds is 12. The number of carbonyl (C=O) groups is 2. The summed E-state index contributed by atoms with van der Waals surface area (Å²) in [6, 6.07) is 8.97. The van der Waals surface area contributed by atoms with Gasteiger partial charge < -0.3 is 15.4 Å². The summed E-state index contributed by atoms with van der Waals surface area (Å²) in [7, 11) is 0. The van der Waals surface area contributed by atoms with Gasteiger partial charge >= 0.3 is 6.36 Å². The van der Waals surface area contributed by atoms with E-state index in [0.29, 0.717) is 25.1 Å². The number of hydrogen-bond donors (Lipinski definition) is 2. The van der Waals surface area contributed by atoms with Crippen molar-refractivity contribution in [3.05, 3.63) is 77.5 Å². The van der Waals surface area contributed by atoms with Gasteiger partial charge in [-0.1, -0.05) is 22.6 Å².